The van der Waals surface area contributed by atoms with Gasteiger partial charge >= 0.3 is 0 Å². The molecule has 0 fully saturated rings. The maximum atomic E-state index is 14.1. The maximum Gasteiger partial charge on any atom is 0.190 e. The molecule has 2 aromatic carbocycles. The summed E-state index contributed by atoms with van der Waals surface area (Å²) in [5.41, 5.74) is 3.64. The molecule has 5 aromatic rings. The van der Waals surface area contributed by atoms with E-state index in [1.54, 1.807) is 24.5 Å². The van der Waals surface area contributed by atoms with E-state index < -0.39 is 0 Å². The minimum absolute atomic E-state index is 0.330. The van der Waals surface area contributed by atoms with Crippen molar-refractivity contribution in [1.29, 1.82) is 0 Å². The second kappa shape index (κ2) is 7.56. The molecule has 0 aliphatic heterocycles. The molecule has 4 nitrogen and oxygen atoms in total. The van der Waals surface area contributed by atoms with Gasteiger partial charge in [0, 0.05) is 29.0 Å². The lowest BCUT2D eigenvalue weighted by Crippen LogP contribution is -2.17. The number of rotatable bonds is 5. The number of nitrogens with one attached hydrogen (secondary N) is 1. The van der Waals surface area contributed by atoms with Crippen LogP contribution in [0.15, 0.2) is 87.9 Å². The molecule has 5 rings (SSSR count). The van der Waals surface area contributed by atoms with E-state index in [1.165, 1.54) is 28.4 Å². The fourth-order valence-corrected chi connectivity index (χ4v) is 4.40. The van der Waals surface area contributed by atoms with Crippen molar-refractivity contribution in [2.45, 2.75) is 13.0 Å². The molecule has 0 saturated heterocycles. The predicted octanol–water partition coefficient (Wildman–Crippen LogP) is 5.91. The molecule has 0 saturated carbocycles. The Hall–Kier alpha value is -3.38. The fraction of sp³-hybridized carbons (Fsp3) is 0.0870. The number of aromatic nitrogens is 2. The number of halogens is 1. The number of benzene rings is 2. The van der Waals surface area contributed by atoms with Gasteiger partial charge in [-0.1, -0.05) is 30.3 Å². The van der Waals surface area contributed by atoms with Crippen molar-refractivity contribution in [3.8, 4) is 11.5 Å². The normalized spacial score (nSPS) is 12.1. The predicted molar refractivity (Wildman–Crippen MR) is 114 cm³/mol. The molecule has 29 heavy (non-hydrogen) atoms. The number of aryl methyl sites for hydroxylation is 1. The van der Waals surface area contributed by atoms with Crippen LogP contribution in [-0.4, -0.2) is 9.55 Å². The van der Waals surface area contributed by atoms with Crippen LogP contribution >= 0.6 is 11.3 Å². The van der Waals surface area contributed by atoms with E-state index >= 15 is 0 Å². The number of furan rings is 1. The largest absolute Gasteiger partial charge is 0.463 e. The topological polar surface area (TPSA) is 46.2 Å². The van der Waals surface area contributed by atoms with Gasteiger partial charge in [-0.05, 0) is 42.3 Å². The standard InChI is InChI=1S/C23H18FN3OS/c24-18-7-2-4-9-20(18)26-23-27(21(15-29-23)22-10-5-13-28-22)12-11-16-14-25-19-8-3-1-6-17(16)19/h1-10,13-15,25H,11-12H2. The lowest BCUT2D eigenvalue weighted by atomic mass is 10.1. The molecule has 1 N–H and O–H groups in total. The molecule has 0 amide bonds. The second-order valence-electron chi connectivity index (χ2n) is 6.71. The Morgan fingerprint density at radius 3 is 2.76 bits per heavy atom. The van der Waals surface area contributed by atoms with Crippen LogP contribution in [0.25, 0.3) is 22.4 Å². The molecule has 144 valence electrons. The average molecular weight is 403 g/mol. The van der Waals surface area contributed by atoms with Crippen LogP contribution in [0.2, 0.25) is 0 Å². The third-order valence-electron chi connectivity index (χ3n) is 4.92. The molecular formula is C23H18FN3OS. The lowest BCUT2D eigenvalue weighted by Gasteiger charge is -2.07. The molecular weight excluding hydrogens is 385 g/mol. The van der Waals surface area contributed by atoms with E-state index in [-0.39, 0.29) is 5.82 Å². The minimum atomic E-state index is -0.330. The van der Waals surface area contributed by atoms with Gasteiger partial charge < -0.3 is 14.0 Å². The fourth-order valence-electron chi connectivity index (χ4n) is 3.47. The summed E-state index contributed by atoms with van der Waals surface area (Å²) in [6.45, 7) is 0.703. The van der Waals surface area contributed by atoms with E-state index in [1.807, 2.05) is 29.6 Å². The van der Waals surface area contributed by atoms with Crippen LogP contribution in [-0.2, 0) is 13.0 Å². The summed E-state index contributed by atoms with van der Waals surface area (Å²) in [5, 5.41) is 3.23. The number of fused-ring (bicyclic) bond motifs is 1. The van der Waals surface area contributed by atoms with Crippen LogP contribution in [0.3, 0.4) is 0 Å². The molecule has 3 heterocycles. The van der Waals surface area contributed by atoms with Gasteiger partial charge in [0.15, 0.2) is 10.6 Å². The molecule has 0 unspecified atom stereocenters. The van der Waals surface area contributed by atoms with E-state index in [0.29, 0.717) is 12.2 Å². The minimum Gasteiger partial charge on any atom is -0.463 e. The smallest absolute Gasteiger partial charge is 0.190 e. The summed E-state index contributed by atoms with van der Waals surface area (Å²) < 4.78 is 21.9. The molecule has 0 aliphatic carbocycles. The molecule has 0 radical (unpaired) electrons. The monoisotopic (exact) mass is 403 g/mol. The number of thiazole rings is 1. The number of para-hydroxylation sites is 2. The van der Waals surface area contributed by atoms with Crippen LogP contribution in [0.1, 0.15) is 5.56 Å². The maximum absolute atomic E-state index is 14.1. The van der Waals surface area contributed by atoms with Gasteiger partial charge in [-0.2, -0.15) is 0 Å². The lowest BCUT2D eigenvalue weighted by molar-refractivity contribution is 0.568. The van der Waals surface area contributed by atoms with Crippen molar-refractivity contribution in [1.82, 2.24) is 9.55 Å². The molecule has 0 aliphatic rings. The van der Waals surface area contributed by atoms with E-state index in [4.69, 9.17) is 4.42 Å². The quantitative estimate of drug-likeness (QED) is 0.390. The van der Waals surface area contributed by atoms with Gasteiger partial charge in [-0.25, -0.2) is 9.38 Å². The Bertz CT molecular complexity index is 1330. The molecule has 6 heteroatoms. The Morgan fingerprint density at radius 1 is 1.03 bits per heavy atom. The SMILES string of the molecule is Fc1ccccc1N=c1scc(-c2ccco2)n1CCc1c[nH]c2ccccc12. The van der Waals surface area contributed by atoms with Crippen molar-refractivity contribution in [3.63, 3.8) is 0 Å². The first kappa shape index (κ1) is 17.7. The zero-order chi connectivity index (χ0) is 19.6. The summed E-state index contributed by atoms with van der Waals surface area (Å²) in [7, 11) is 0. The first-order valence-electron chi connectivity index (χ1n) is 9.36. The third-order valence-corrected chi connectivity index (χ3v) is 5.78. The van der Waals surface area contributed by atoms with Crippen LogP contribution in [0, 0.1) is 5.82 Å². The summed E-state index contributed by atoms with van der Waals surface area (Å²) in [6.07, 6.45) is 4.53. The number of aromatic amines is 1. The van der Waals surface area contributed by atoms with Gasteiger partial charge in [-0.3, -0.25) is 0 Å². The average Bonchev–Trinajstić information content (AvgIpc) is 3.48. The Kier molecular flexibility index (Phi) is 4.62. The van der Waals surface area contributed by atoms with Gasteiger partial charge in [0.25, 0.3) is 0 Å². The summed E-state index contributed by atoms with van der Waals surface area (Å²) in [4.78, 5) is 8.65. The van der Waals surface area contributed by atoms with Crippen LogP contribution in [0.5, 0.6) is 0 Å². The van der Waals surface area contributed by atoms with Gasteiger partial charge in [0.2, 0.25) is 0 Å². The molecule has 0 spiro atoms. The summed E-state index contributed by atoms with van der Waals surface area (Å²) in [6, 6.07) is 18.6. The van der Waals surface area contributed by atoms with Crippen molar-refractivity contribution in [3.05, 3.63) is 94.7 Å². The van der Waals surface area contributed by atoms with Crippen molar-refractivity contribution in [2.75, 3.05) is 0 Å². The number of H-pyrrole nitrogens is 1. The van der Waals surface area contributed by atoms with Gasteiger partial charge in [-0.15, -0.1) is 11.3 Å². The van der Waals surface area contributed by atoms with Crippen LogP contribution < -0.4 is 4.80 Å². The summed E-state index contributed by atoms with van der Waals surface area (Å²) >= 11 is 1.48. The number of hydrogen-bond acceptors (Lipinski definition) is 3. The van der Waals surface area contributed by atoms with Crippen molar-refractivity contribution in [2.24, 2.45) is 4.99 Å². The molecule has 0 bridgehead atoms. The first-order chi connectivity index (χ1) is 14.3. The zero-order valence-corrected chi connectivity index (χ0v) is 16.3. The number of nitrogens with zero attached hydrogens (tertiary/aromatic N) is 2. The highest BCUT2D eigenvalue weighted by Crippen LogP contribution is 2.24. The van der Waals surface area contributed by atoms with Crippen molar-refractivity contribution < 1.29 is 8.81 Å². The van der Waals surface area contributed by atoms with Crippen LogP contribution in [0.4, 0.5) is 10.1 Å². The molecule has 0 atom stereocenters. The van der Waals surface area contributed by atoms with E-state index in [2.05, 4.69) is 32.9 Å². The van der Waals surface area contributed by atoms with Gasteiger partial charge in [0.05, 0.1) is 12.0 Å². The second-order valence-corrected chi connectivity index (χ2v) is 7.54. The summed E-state index contributed by atoms with van der Waals surface area (Å²) in [5.74, 6) is 0.443. The van der Waals surface area contributed by atoms with E-state index in [9.17, 15) is 4.39 Å². The van der Waals surface area contributed by atoms with Crippen molar-refractivity contribution >= 4 is 27.9 Å². The highest BCUT2D eigenvalue weighted by atomic mass is 32.1. The highest BCUT2D eigenvalue weighted by molar-refractivity contribution is 7.07. The first-order valence-corrected chi connectivity index (χ1v) is 10.2. The highest BCUT2D eigenvalue weighted by Gasteiger charge is 2.12. The molecule has 3 aromatic heterocycles. The zero-order valence-electron chi connectivity index (χ0n) is 15.5. The van der Waals surface area contributed by atoms with E-state index in [0.717, 1.165) is 28.2 Å². The Balaban J connectivity index is 1.56. The Morgan fingerprint density at radius 2 is 1.90 bits per heavy atom. The van der Waals surface area contributed by atoms with Gasteiger partial charge in [0.1, 0.15) is 11.5 Å². The Labute approximate surface area is 170 Å². The number of hydrogen-bond donors (Lipinski definition) is 1. The third kappa shape index (κ3) is 3.43.